The van der Waals surface area contributed by atoms with E-state index in [9.17, 15) is 8.78 Å². The molecule has 0 saturated heterocycles. The van der Waals surface area contributed by atoms with Crippen LogP contribution in [-0.4, -0.2) is 12.7 Å². The highest BCUT2D eigenvalue weighted by Gasteiger charge is 2.15. The van der Waals surface area contributed by atoms with Crippen molar-refractivity contribution in [3.63, 3.8) is 0 Å². The molecule has 2 atom stereocenters. The van der Waals surface area contributed by atoms with Gasteiger partial charge in [-0.1, -0.05) is 31.5 Å². The number of benzene rings is 1. The lowest BCUT2D eigenvalue weighted by Crippen LogP contribution is -2.29. The molecule has 0 aliphatic rings. The SMILES string of the molecule is CCCC(C)NC(C)c1ccccc1OC(F)F. The minimum atomic E-state index is -2.79. The Morgan fingerprint density at radius 2 is 1.89 bits per heavy atom. The monoisotopic (exact) mass is 257 g/mol. The Hall–Kier alpha value is -1.16. The van der Waals surface area contributed by atoms with Crippen LogP contribution in [0, 0.1) is 0 Å². The van der Waals surface area contributed by atoms with Crippen molar-refractivity contribution in [2.45, 2.75) is 52.3 Å². The van der Waals surface area contributed by atoms with E-state index in [1.54, 1.807) is 12.1 Å². The zero-order valence-corrected chi connectivity index (χ0v) is 11.1. The number of nitrogens with one attached hydrogen (secondary N) is 1. The van der Waals surface area contributed by atoms with E-state index in [4.69, 9.17) is 0 Å². The van der Waals surface area contributed by atoms with Gasteiger partial charge < -0.3 is 10.1 Å². The minimum Gasteiger partial charge on any atom is -0.434 e. The van der Waals surface area contributed by atoms with E-state index < -0.39 is 6.61 Å². The van der Waals surface area contributed by atoms with E-state index >= 15 is 0 Å². The van der Waals surface area contributed by atoms with Gasteiger partial charge in [-0.2, -0.15) is 8.78 Å². The third-order valence-corrected chi connectivity index (χ3v) is 2.86. The van der Waals surface area contributed by atoms with Gasteiger partial charge in [0.15, 0.2) is 0 Å². The number of hydrogen-bond donors (Lipinski definition) is 1. The third-order valence-electron chi connectivity index (χ3n) is 2.86. The Kier molecular flexibility index (Phi) is 6.05. The second kappa shape index (κ2) is 7.31. The number of ether oxygens (including phenoxy) is 1. The van der Waals surface area contributed by atoms with Crippen molar-refractivity contribution in [3.8, 4) is 5.75 Å². The molecule has 1 rings (SSSR count). The van der Waals surface area contributed by atoms with Crippen LogP contribution in [0.25, 0.3) is 0 Å². The van der Waals surface area contributed by atoms with Gasteiger partial charge in [0.25, 0.3) is 0 Å². The first-order valence-electron chi connectivity index (χ1n) is 6.34. The third kappa shape index (κ3) is 4.61. The summed E-state index contributed by atoms with van der Waals surface area (Å²) in [6, 6.07) is 7.25. The van der Waals surface area contributed by atoms with Crippen molar-refractivity contribution >= 4 is 0 Å². The average Bonchev–Trinajstić information content (AvgIpc) is 2.28. The van der Waals surface area contributed by atoms with Gasteiger partial charge in [0.05, 0.1) is 0 Å². The summed E-state index contributed by atoms with van der Waals surface area (Å²) >= 11 is 0. The molecule has 0 aliphatic heterocycles. The highest BCUT2D eigenvalue weighted by molar-refractivity contribution is 5.35. The molecule has 1 N–H and O–H groups in total. The summed E-state index contributed by atoms with van der Waals surface area (Å²) < 4.78 is 29.1. The van der Waals surface area contributed by atoms with Crippen LogP contribution in [-0.2, 0) is 0 Å². The molecule has 102 valence electrons. The molecule has 0 aromatic heterocycles. The summed E-state index contributed by atoms with van der Waals surface area (Å²) in [5.74, 6) is 0.246. The smallest absolute Gasteiger partial charge is 0.387 e. The van der Waals surface area contributed by atoms with E-state index in [-0.39, 0.29) is 11.8 Å². The molecule has 0 saturated carbocycles. The topological polar surface area (TPSA) is 21.3 Å². The van der Waals surface area contributed by atoms with Gasteiger partial charge >= 0.3 is 6.61 Å². The van der Waals surface area contributed by atoms with Crippen molar-refractivity contribution in [3.05, 3.63) is 29.8 Å². The van der Waals surface area contributed by atoms with Gasteiger partial charge in [-0.15, -0.1) is 0 Å². The quantitative estimate of drug-likeness (QED) is 0.793. The fourth-order valence-corrected chi connectivity index (χ4v) is 2.07. The van der Waals surface area contributed by atoms with Crippen molar-refractivity contribution in [2.24, 2.45) is 0 Å². The summed E-state index contributed by atoms with van der Waals surface area (Å²) in [4.78, 5) is 0. The standard InChI is InChI=1S/C14H21F2NO/c1-4-7-10(2)17-11(3)12-8-5-6-9-13(12)18-14(15)16/h5-6,8-11,14,17H,4,7H2,1-3H3. The first-order chi connectivity index (χ1) is 8.54. The number of rotatable bonds is 7. The Morgan fingerprint density at radius 1 is 1.22 bits per heavy atom. The van der Waals surface area contributed by atoms with Gasteiger partial charge in [0.1, 0.15) is 5.75 Å². The van der Waals surface area contributed by atoms with Gasteiger partial charge in [-0.05, 0) is 26.3 Å². The summed E-state index contributed by atoms with van der Waals surface area (Å²) in [7, 11) is 0. The molecule has 0 aliphatic carbocycles. The van der Waals surface area contributed by atoms with Crippen molar-refractivity contribution in [1.82, 2.24) is 5.32 Å². The Labute approximate surface area is 107 Å². The predicted octanol–water partition coefficient (Wildman–Crippen LogP) is 4.13. The van der Waals surface area contributed by atoms with E-state index in [1.165, 1.54) is 0 Å². The second-order valence-corrected chi connectivity index (χ2v) is 4.49. The van der Waals surface area contributed by atoms with Crippen LogP contribution in [0.1, 0.15) is 45.2 Å². The van der Waals surface area contributed by atoms with Crippen LogP contribution in [0.2, 0.25) is 0 Å². The maximum atomic E-state index is 12.3. The molecule has 1 aromatic carbocycles. The number of hydrogen-bond acceptors (Lipinski definition) is 2. The number of halogens is 2. The summed E-state index contributed by atoms with van der Waals surface area (Å²) in [6.07, 6.45) is 2.15. The van der Waals surface area contributed by atoms with Crippen LogP contribution in [0.4, 0.5) is 8.78 Å². The second-order valence-electron chi connectivity index (χ2n) is 4.49. The van der Waals surface area contributed by atoms with Crippen molar-refractivity contribution in [1.29, 1.82) is 0 Å². The fourth-order valence-electron chi connectivity index (χ4n) is 2.07. The van der Waals surface area contributed by atoms with E-state index in [0.29, 0.717) is 6.04 Å². The lowest BCUT2D eigenvalue weighted by Gasteiger charge is -2.22. The van der Waals surface area contributed by atoms with Gasteiger partial charge in [-0.25, -0.2) is 0 Å². The first kappa shape index (κ1) is 14.9. The van der Waals surface area contributed by atoms with E-state index in [0.717, 1.165) is 18.4 Å². The molecule has 4 heteroatoms. The predicted molar refractivity (Wildman–Crippen MR) is 69.0 cm³/mol. The molecule has 2 unspecified atom stereocenters. The Bertz CT molecular complexity index is 357. The number of alkyl halides is 2. The fraction of sp³-hybridized carbons (Fsp3) is 0.571. The normalized spacial score (nSPS) is 14.6. The molecule has 0 radical (unpaired) electrons. The lowest BCUT2D eigenvalue weighted by molar-refractivity contribution is -0.0506. The van der Waals surface area contributed by atoms with E-state index in [1.807, 2.05) is 19.1 Å². The van der Waals surface area contributed by atoms with Gasteiger partial charge in [0.2, 0.25) is 0 Å². The summed E-state index contributed by atoms with van der Waals surface area (Å²) in [6.45, 7) is 3.39. The maximum Gasteiger partial charge on any atom is 0.387 e. The molecular formula is C14H21F2NO. The van der Waals surface area contributed by atoms with Gasteiger partial charge in [0, 0.05) is 17.6 Å². The molecule has 0 spiro atoms. The zero-order valence-electron chi connectivity index (χ0n) is 11.1. The largest absolute Gasteiger partial charge is 0.434 e. The molecule has 18 heavy (non-hydrogen) atoms. The van der Waals surface area contributed by atoms with Crippen LogP contribution >= 0.6 is 0 Å². The van der Waals surface area contributed by atoms with Crippen molar-refractivity contribution < 1.29 is 13.5 Å². The first-order valence-corrected chi connectivity index (χ1v) is 6.34. The molecule has 2 nitrogen and oxygen atoms in total. The number of para-hydroxylation sites is 1. The van der Waals surface area contributed by atoms with Crippen LogP contribution in [0.15, 0.2) is 24.3 Å². The molecular weight excluding hydrogens is 236 g/mol. The zero-order chi connectivity index (χ0) is 13.5. The van der Waals surface area contributed by atoms with Gasteiger partial charge in [-0.3, -0.25) is 0 Å². The summed E-state index contributed by atoms with van der Waals surface area (Å²) in [5.41, 5.74) is 0.765. The summed E-state index contributed by atoms with van der Waals surface area (Å²) in [5, 5.41) is 3.39. The lowest BCUT2D eigenvalue weighted by atomic mass is 10.1. The maximum absolute atomic E-state index is 12.3. The molecule has 0 fully saturated rings. The van der Waals surface area contributed by atoms with Crippen molar-refractivity contribution in [2.75, 3.05) is 0 Å². The van der Waals surface area contributed by atoms with Crippen LogP contribution in [0.5, 0.6) is 5.75 Å². The molecule has 0 bridgehead atoms. The average molecular weight is 257 g/mol. The highest BCUT2D eigenvalue weighted by Crippen LogP contribution is 2.26. The van der Waals surface area contributed by atoms with Crippen LogP contribution < -0.4 is 10.1 Å². The Balaban J connectivity index is 2.74. The Morgan fingerprint density at radius 3 is 2.50 bits per heavy atom. The highest BCUT2D eigenvalue weighted by atomic mass is 19.3. The van der Waals surface area contributed by atoms with E-state index in [2.05, 4.69) is 23.9 Å². The van der Waals surface area contributed by atoms with Crippen LogP contribution in [0.3, 0.4) is 0 Å². The molecule has 0 amide bonds. The minimum absolute atomic E-state index is 0.0125. The molecule has 1 aromatic rings. The molecule has 0 heterocycles.